The lowest BCUT2D eigenvalue weighted by Gasteiger charge is -2.03. The monoisotopic (exact) mass is 187 g/mol. The molecular formula is C10H21NO2. The third-order valence-electron chi connectivity index (χ3n) is 1.89. The molecule has 0 saturated heterocycles. The Morgan fingerprint density at radius 1 is 1.31 bits per heavy atom. The summed E-state index contributed by atoms with van der Waals surface area (Å²) in [5.74, 6) is 0.146. The normalized spacial score (nSPS) is 10.0. The van der Waals surface area contributed by atoms with Crippen molar-refractivity contribution in [3.8, 4) is 0 Å². The zero-order valence-corrected chi connectivity index (χ0v) is 8.77. The molecule has 1 amide bonds. The van der Waals surface area contributed by atoms with Gasteiger partial charge >= 0.3 is 0 Å². The molecule has 0 aliphatic rings. The lowest BCUT2D eigenvalue weighted by atomic mass is 10.1. The van der Waals surface area contributed by atoms with E-state index in [0.717, 1.165) is 12.8 Å². The Kier molecular flexibility index (Phi) is 9.10. The van der Waals surface area contributed by atoms with Gasteiger partial charge in [-0.2, -0.15) is 0 Å². The summed E-state index contributed by atoms with van der Waals surface area (Å²) in [5, 5.41) is 2.80. The SMILES string of the molecule is CCCCCCC(=O)NCCOC. The first-order chi connectivity index (χ1) is 6.31. The van der Waals surface area contributed by atoms with Crippen LogP contribution in [0.5, 0.6) is 0 Å². The van der Waals surface area contributed by atoms with Gasteiger partial charge in [-0.3, -0.25) is 4.79 Å². The van der Waals surface area contributed by atoms with Gasteiger partial charge in [-0.1, -0.05) is 26.2 Å². The predicted octanol–water partition coefficient (Wildman–Crippen LogP) is 1.72. The van der Waals surface area contributed by atoms with E-state index >= 15 is 0 Å². The van der Waals surface area contributed by atoms with Crippen molar-refractivity contribution in [3.63, 3.8) is 0 Å². The van der Waals surface area contributed by atoms with E-state index in [9.17, 15) is 4.79 Å². The molecule has 0 spiro atoms. The lowest BCUT2D eigenvalue weighted by molar-refractivity contribution is -0.121. The smallest absolute Gasteiger partial charge is 0.220 e. The second kappa shape index (κ2) is 9.52. The molecule has 0 aromatic carbocycles. The maximum Gasteiger partial charge on any atom is 0.220 e. The summed E-state index contributed by atoms with van der Waals surface area (Å²) in [6.07, 6.45) is 5.27. The van der Waals surface area contributed by atoms with Crippen molar-refractivity contribution in [2.45, 2.75) is 39.0 Å². The van der Waals surface area contributed by atoms with Crippen LogP contribution in [0.2, 0.25) is 0 Å². The Balaban J connectivity index is 3.11. The molecule has 3 heteroatoms. The number of ether oxygens (including phenoxy) is 1. The molecule has 0 aromatic rings. The van der Waals surface area contributed by atoms with Crippen LogP contribution >= 0.6 is 0 Å². The fourth-order valence-electron chi connectivity index (χ4n) is 1.09. The summed E-state index contributed by atoms with van der Waals surface area (Å²) in [4.78, 5) is 11.1. The molecule has 0 bridgehead atoms. The van der Waals surface area contributed by atoms with Crippen molar-refractivity contribution in [3.05, 3.63) is 0 Å². The van der Waals surface area contributed by atoms with Crippen LogP contribution in [-0.2, 0) is 9.53 Å². The molecule has 78 valence electrons. The first kappa shape index (κ1) is 12.4. The Morgan fingerprint density at radius 3 is 2.69 bits per heavy atom. The van der Waals surface area contributed by atoms with Crippen molar-refractivity contribution in [2.24, 2.45) is 0 Å². The highest BCUT2D eigenvalue weighted by atomic mass is 16.5. The Labute approximate surface area is 80.8 Å². The van der Waals surface area contributed by atoms with Crippen molar-refractivity contribution >= 4 is 5.91 Å². The summed E-state index contributed by atoms with van der Waals surface area (Å²) in [7, 11) is 1.63. The third-order valence-corrected chi connectivity index (χ3v) is 1.89. The van der Waals surface area contributed by atoms with E-state index in [1.54, 1.807) is 7.11 Å². The van der Waals surface area contributed by atoms with Crippen molar-refractivity contribution in [2.75, 3.05) is 20.3 Å². The highest BCUT2D eigenvalue weighted by Crippen LogP contribution is 2.01. The van der Waals surface area contributed by atoms with Gasteiger partial charge in [0, 0.05) is 20.1 Å². The van der Waals surface area contributed by atoms with Crippen LogP contribution in [0.25, 0.3) is 0 Å². The molecule has 13 heavy (non-hydrogen) atoms. The molecule has 0 aromatic heterocycles. The minimum Gasteiger partial charge on any atom is -0.383 e. The van der Waals surface area contributed by atoms with Crippen molar-refractivity contribution in [1.29, 1.82) is 0 Å². The average Bonchev–Trinajstić information content (AvgIpc) is 2.13. The van der Waals surface area contributed by atoms with Crippen LogP contribution in [0.15, 0.2) is 0 Å². The maximum atomic E-state index is 11.1. The molecule has 0 aliphatic heterocycles. The van der Waals surface area contributed by atoms with Gasteiger partial charge in [-0.15, -0.1) is 0 Å². The Hall–Kier alpha value is -0.570. The quantitative estimate of drug-likeness (QED) is 0.588. The summed E-state index contributed by atoms with van der Waals surface area (Å²) in [6, 6.07) is 0. The number of hydrogen-bond acceptors (Lipinski definition) is 2. The molecule has 0 radical (unpaired) electrons. The first-order valence-electron chi connectivity index (χ1n) is 5.07. The number of carbonyl (C=O) groups excluding carboxylic acids is 1. The predicted molar refractivity (Wildman–Crippen MR) is 53.6 cm³/mol. The zero-order chi connectivity index (χ0) is 9.94. The van der Waals surface area contributed by atoms with Gasteiger partial charge in [0.15, 0.2) is 0 Å². The number of amides is 1. The lowest BCUT2D eigenvalue weighted by Crippen LogP contribution is -2.26. The van der Waals surface area contributed by atoms with E-state index in [1.807, 2.05) is 0 Å². The Morgan fingerprint density at radius 2 is 2.08 bits per heavy atom. The van der Waals surface area contributed by atoms with Gasteiger partial charge in [-0.25, -0.2) is 0 Å². The van der Waals surface area contributed by atoms with E-state index in [1.165, 1.54) is 12.8 Å². The third kappa shape index (κ3) is 9.34. The summed E-state index contributed by atoms with van der Waals surface area (Å²) in [5.41, 5.74) is 0. The topological polar surface area (TPSA) is 38.3 Å². The summed E-state index contributed by atoms with van der Waals surface area (Å²) >= 11 is 0. The van der Waals surface area contributed by atoms with Crippen LogP contribution in [0.3, 0.4) is 0 Å². The molecule has 0 saturated carbocycles. The van der Waals surface area contributed by atoms with Crippen LogP contribution < -0.4 is 5.32 Å². The molecular weight excluding hydrogens is 166 g/mol. The van der Waals surface area contributed by atoms with Gasteiger partial charge < -0.3 is 10.1 Å². The first-order valence-corrected chi connectivity index (χ1v) is 5.07. The minimum atomic E-state index is 0.146. The fourth-order valence-corrected chi connectivity index (χ4v) is 1.09. The van der Waals surface area contributed by atoms with Crippen LogP contribution in [0, 0.1) is 0 Å². The minimum absolute atomic E-state index is 0.146. The second-order valence-corrected chi connectivity index (χ2v) is 3.15. The molecule has 3 nitrogen and oxygen atoms in total. The van der Waals surface area contributed by atoms with Crippen LogP contribution in [0.1, 0.15) is 39.0 Å². The van der Waals surface area contributed by atoms with Crippen LogP contribution in [-0.4, -0.2) is 26.2 Å². The standard InChI is InChI=1S/C10H21NO2/c1-3-4-5-6-7-10(12)11-8-9-13-2/h3-9H2,1-2H3,(H,11,12). The second-order valence-electron chi connectivity index (χ2n) is 3.15. The average molecular weight is 187 g/mol. The van der Waals surface area contributed by atoms with Gasteiger partial charge in [0.2, 0.25) is 5.91 Å². The maximum absolute atomic E-state index is 11.1. The van der Waals surface area contributed by atoms with E-state index in [4.69, 9.17) is 4.74 Å². The van der Waals surface area contributed by atoms with E-state index in [-0.39, 0.29) is 5.91 Å². The van der Waals surface area contributed by atoms with Gasteiger partial charge in [0.05, 0.1) is 6.61 Å². The van der Waals surface area contributed by atoms with Crippen molar-refractivity contribution in [1.82, 2.24) is 5.32 Å². The van der Waals surface area contributed by atoms with E-state index in [0.29, 0.717) is 19.6 Å². The zero-order valence-electron chi connectivity index (χ0n) is 8.77. The summed E-state index contributed by atoms with van der Waals surface area (Å²) in [6.45, 7) is 3.39. The molecule has 0 unspecified atom stereocenters. The molecule has 0 fully saturated rings. The number of rotatable bonds is 8. The number of nitrogens with one attached hydrogen (secondary N) is 1. The number of methoxy groups -OCH3 is 1. The van der Waals surface area contributed by atoms with E-state index in [2.05, 4.69) is 12.2 Å². The Bertz CT molecular complexity index is 126. The molecule has 1 N–H and O–H groups in total. The van der Waals surface area contributed by atoms with E-state index < -0.39 is 0 Å². The van der Waals surface area contributed by atoms with Gasteiger partial charge in [0.25, 0.3) is 0 Å². The summed E-state index contributed by atoms with van der Waals surface area (Å²) < 4.78 is 4.82. The molecule has 0 heterocycles. The largest absolute Gasteiger partial charge is 0.383 e. The van der Waals surface area contributed by atoms with Crippen LogP contribution in [0.4, 0.5) is 0 Å². The van der Waals surface area contributed by atoms with Crippen molar-refractivity contribution < 1.29 is 9.53 Å². The highest BCUT2D eigenvalue weighted by molar-refractivity contribution is 5.75. The molecule has 0 aliphatic carbocycles. The number of hydrogen-bond donors (Lipinski definition) is 1. The van der Waals surface area contributed by atoms with Gasteiger partial charge in [-0.05, 0) is 6.42 Å². The molecule has 0 atom stereocenters. The number of carbonyl (C=O) groups is 1. The highest BCUT2D eigenvalue weighted by Gasteiger charge is 1.98. The number of unbranched alkanes of at least 4 members (excludes halogenated alkanes) is 3. The van der Waals surface area contributed by atoms with Gasteiger partial charge in [0.1, 0.15) is 0 Å². The fraction of sp³-hybridized carbons (Fsp3) is 0.900. The molecule has 0 rings (SSSR count).